The van der Waals surface area contributed by atoms with Gasteiger partial charge in [0.05, 0.1) is 24.8 Å². The maximum atomic E-state index is 12.1. The number of ether oxygens (including phenoxy) is 2. The highest BCUT2D eigenvalue weighted by atomic mass is 35.5. The number of carbonyl (C=O) groups excluding carboxylic acids is 2. The van der Waals surface area contributed by atoms with Crippen LogP contribution in [0, 0.1) is 0 Å². The summed E-state index contributed by atoms with van der Waals surface area (Å²) in [4.78, 5) is 25.7. The van der Waals surface area contributed by atoms with Crippen LogP contribution in [0.4, 0.5) is 0 Å². The molecule has 23 heavy (non-hydrogen) atoms. The summed E-state index contributed by atoms with van der Waals surface area (Å²) in [5.74, 6) is -1.12. The molecule has 0 saturated carbocycles. The molecule has 0 fully saturated rings. The Morgan fingerprint density at radius 2 is 1.65 bits per heavy atom. The van der Waals surface area contributed by atoms with E-state index in [-0.39, 0.29) is 17.7 Å². The molecule has 0 aromatic heterocycles. The predicted octanol–water partition coefficient (Wildman–Crippen LogP) is 4.45. The molecule has 6 heteroatoms. The van der Waals surface area contributed by atoms with Crippen LogP contribution in [0.3, 0.4) is 0 Å². The van der Waals surface area contributed by atoms with Crippen LogP contribution in [-0.4, -0.2) is 25.7 Å². The highest BCUT2D eigenvalue weighted by molar-refractivity contribution is 7.99. The average molecular weight is 351 g/mol. The molecule has 2 rings (SSSR count). The van der Waals surface area contributed by atoms with Crippen LogP contribution in [-0.2, 0) is 9.47 Å². The third-order valence-corrected chi connectivity index (χ3v) is 4.19. The van der Waals surface area contributed by atoms with Crippen molar-refractivity contribution in [1.82, 2.24) is 0 Å². The van der Waals surface area contributed by atoms with Crippen LogP contribution in [0.1, 0.15) is 27.6 Å². The SMILES string of the molecule is CCOC(=O)c1cc(Sc2ccc(Cl)cc2)ccc1C(=O)OC. The second-order valence-electron chi connectivity index (χ2n) is 4.48. The van der Waals surface area contributed by atoms with Gasteiger partial charge in [-0.1, -0.05) is 23.4 Å². The number of halogens is 1. The lowest BCUT2D eigenvalue weighted by Crippen LogP contribution is -2.13. The summed E-state index contributed by atoms with van der Waals surface area (Å²) in [7, 11) is 1.27. The molecule has 0 bridgehead atoms. The smallest absolute Gasteiger partial charge is 0.339 e. The quantitative estimate of drug-likeness (QED) is 0.745. The Morgan fingerprint density at radius 3 is 2.26 bits per heavy atom. The normalized spacial score (nSPS) is 10.2. The van der Waals surface area contributed by atoms with Crippen molar-refractivity contribution < 1.29 is 19.1 Å². The Balaban J connectivity index is 2.34. The van der Waals surface area contributed by atoms with Crippen LogP contribution in [0.5, 0.6) is 0 Å². The zero-order chi connectivity index (χ0) is 16.8. The van der Waals surface area contributed by atoms with E-state index in [9.17, 15) is 9.59 Å². The lowest BCUT2D eigenvalue weighted by atomic mass is 10.1. The van der Waals surface area contributed by atoms with Gasteiger partial charge in [0.15, 0.2) is 0 Å². The van der Waals surface area contributed by atoms with Gasteiger partial charge in [-0.15, -0.1) is 0 Å². The van der Waals surface area contributed by atoms with Crippen LogP contribution in [0.25, 0.3) is 0 Å². The number of rotatable bonds is 5. The Hall–Kier alpha value is -1.98. The molecule has 0 unspecified atom stereocenters. The van der Waals surface area contributed by atoms with Gasteiger partial charge in [-0.3, -0.25) is 0 Å². The molecule has 0 amide bonds. The van der Waals surface area contributed by atoms with Gasteiger partial charge in [0, 0.05) is 14.8 Å². The second-order valence-corrected chi connectivity index (χ2v) is 6.06. The van der Waals surface area contributed by atoms with Crippen molar-refractivity contribution in [3.63, 3.8) is 0 Å². The molecule has 0 spiro atoms. The number of hydrogen-bond acceptors (Lipinski definition) is 5. The Labute approximate surface area is 143 Å². The fourth-order valence-electron chi connectivity index (χ4n) is 1.89. The van der Waals surface area contributed by atoms with Gasteiger partial charge in [-0.05, 0) is 49.4 Å². The largest absolute Gasteiger partial charge is 0.465 e. The van der Waals surface area contributed by atoms with Crippen molar-refractivity contribution >= 4 is 35.3 Å². The molecule has 0 heterocycles. The molecule has 4 nitrogen and oxygen atoms in total. The van der Waals surface area contributed by atoms with E-state index < -0.39 is 11.9 Å². The van der Waals surface area contributed by atoms with Crippen LogP contribution >= 0.6 is 23.4 Å². The molecule has 2 aromatic rings. The summed E-state index contributed by atoms with van der Waals surface area (Å²) in [6, 6.07) is 12.3. The van der Waals surface area contributed by atoms with Crippen molar-refractivity contribution in [2.75, 3.05) is 13.7 Å². The first kappa shape index (κ1) is 17.4. The number of carbonyl (C=O) groups is 2. The minimum atomic E-state index is -0.573. The van der Waals surface area contributed by atoms with Crippen LogP contribution in [0.2, 0.25) is 5.02 Å². The Kier molecular flexibility index (Phi) is 6.07. The summed E-state index contributed by atoms with van der Waals surface area (Å²) >= 11 is 7.32. The zero-order valence-electron chi connectivity index (χ0n) is 12.7. The highest BCUT2D eigenvalue weighted by Crippen LogP contribution is 2.30. The molecule has 0 aliphatic heterocycles. The first-order valence-electron chi connectivity index (χ1n) is 6.88. The summed E-state index contributed by atoms with van der Waals surface area (Å²) < 4.78 is 9.72. The molecule has 0 saturated heterocycles. The van der Waals surface area contributed by atoms with E-state index in [0.29, 0.717) is 5.02 Å². The molecule has 0 radical (unpaired) electrons. The molecule has 0 N–H and O–H groups in total. The lowest BCUT2D eigenvalue weighted by Gasteiger charge is -2.10. The maximum absolute atomic E-state index is 12.1. The first-order chi connectivity index (χ1) is 11.0. The van der Waals surface area contributed by atoms with Gasteiger partial charge < -0.3 is 9.47 Å². The molecule has 0 aliphatic carbocycles. The fourth-order valence-corrected chi connectivity index (χ4v) is 2.87. The van der Waals surface area contributed by atoms with E-state index in [4.69, 9.17) is 21.1 Å². The zero-order valence-corrected chi connectivity index (χ0v) is 14.2. The molecule has 0 aliphatic rings. The fraction of sp³-hybridized carbons (Fsp3) is 0.176. The van der Waals surface area contributed by atoms with E-state index in [1.54, 1.807) is 37.3 Å². The van der Waals surface area contributed by atoms with Crippen LogP contribution < -0.4 is 0 Å². The standard InChI is InChI=1S/C17H15ClO4S/c1-3-22-17(20)15-10-13(8-9-14(15)16(19)21-2)23-12-6-4-11(18)5-7-12/h4-10H,3H2,1-2H3. The maximum Gasteiger partial charge on any atom is 0.339 e. The summed E-state index contributed by atoms with van der Waals surface area (Å²) in [5.41, 5.74) is 0.379. The molecular formula is C17H15ClO4S. The van der Waals surface area contributed by atoms with Crippen molar-refractivity contribution in [3.8, 4) is 0 Å². The predicted molar refractivity (Wildman–Crippen MR) is 89.3 cm³/mol. The van der Waals surface area contributed by atoms with Crippen LogP contribution in [0.15, 0.2) is 52.3 Å². The lowest BCUT2D eigenvalue weighted by molar-refractivity contribution is 0.0503. The van der Waals surface area contributed by atoms with Gasteiger partial charge >= 0.3 is 11.9 Å². The van der Waals surface area contributed by atoms with E-state index in [1.807, 2.05) is 12.1 Å². The van der Waals surface area contributed by atoms with Gasteiger partial charge in [0.1, 0.15) is 0 Å². The van der Waals surface area contributed by atoms with E-state index in [1.165, 1.54) is 18.9 Å². The molecular weight excluding hydrogens is 336 g/mol. The Morgan fingerprint density at radius 1 is 1.00 bits per heavy atom. The van der Waals surface area contributed by atoms with Crippen molar-refractivity contribution in [3.05, 3.63) is 58.6 Å². The van der Waals surface area contributed by atoms with E-state index in [0.717, 1.165) is 9.79 Å². The monoisotopic (exact) mass is 350 g/mol. The first-order valence-corrected chi connectivity index (χ1v) is 8.07. The van der Waals surface area contributed by atoms with Gasteiger partial charge in [0.2, 0.25) is 0 Å². The molecule has 0 atom stereocenters. The average Bonchev–Trinajstić information content (AvgIpc) is 2.56. The number of esters is 2. The van der Waals surface area contributed by atoms with Gasteiger partial charge in [-0.2, -0.15) is 0 Å². The minimum Gasteiger partial charge on any atom is -0.465 e. The third kappa shape index (κ3) is 4.50. The number of methoxy groups -OCH3 is 1. The highest BCUT2D eigenvalue weighted by Gasteiger charge is 2.19. The molecule has 120 valence electrons. The van der Waals surface area contributed by atoms with E-state index >= 15 is 0 Å². The molecule has 2 aromatic carbocycles. The Bertz CT molecular complexity index is 713. The summed E-state index contributed by atoms with van der Waals surface area (Å²) in [5, 5.41) is 0.655. The van der Waals surface area contributed by atoms with Crippen molar-refractivity contribution in [2.24, 2.45) is 0 Å². The summed E-state index contributed by atoms with van der Waals surface area (Å²) in [6.45, 7) is 1.94. The number of hydrogen-bond donors (Lipinski definition) is 0. The van der Waals surface area contributed by atoms with Crippen molar-refractivity contribution in [1.29, 1.82) is 0 Å². The third-order valence-electron chi connectivity index (χ3n) is 2.94. The second kappa shape index (κ2) is 8.04. The summed E-state index contributed by atoms with van der Waals surface area (Å²) in [6.07, 6.45) is 0. The van der Waals surface area contributed by atoms with Crippen molar-refractivity contribution in [2.45, 2.75) is 16.7 Å². The van der Waals surface area contributed by atoms with Gasteiger partial charge in [0.25, 0.3) is 0 Å². The topological polar surface area (TPSA) is 52.6 Å². The van der Waals surface area contributed by atoms with E-state index in [2.05, 4.69) is 0 Å². The minimum absolute atomic E-state index is 0.186. The van der Waals surface area contributed by atoms with Gasteiger partial charge in [-0.25, -0.2) is 9.59 Å². The number of benzene rings is 2.